The van der Waals surface area contributed by atoms with E-state index in [-0.39, 0.29) is 18.4 Å². The maximum absolute atomic E-state index is 12.3. The van der Waals surface area contributed by atoms with E-state index in [4.69, 9.17) is 5.73 Å². The van der Waals surface area contributed by atoms with Crippen LogP contribution in [-0.2, 0) is 6.54 Å². The lowest BCUT2D eigenvalue weighted by molar-refractivity contribution is 0.0642. The van der Waals surface area contributed by atoms with Crippen LogP contribution in [-0.4, -0.2) is 21.7 Å². The number of halogens is 1. The topological polar surface area (TPSA) is 76.3 Å². The number of fused-ring (bicyclic) bond motifs is 1. The number of hydrogen-bond donors (Lipinski definition) is 1. The summed E-state index contributed by atoms with van der Waals surface area (Å²) in [6, 6.07) is 6.72. The van der Waals surface area contributed by atoms with Crippen LogP contribution in [0.3, 0.4) is 0 Å². The van der Waals surface area contributed by atoms with Crippen molar-refractivity contribution < 1.29 is 9.59 Å². The van der Waals surface area contributed by atoms with E-state index >= 15 is 0 Å². The Labute approximate surface area is 123 Å². The van der Waals surface area contributed by atoms with E-state index in [1.54, 1.807) is 30.6 Å². The van der Waals surface area contributed by atoms with Gasteiger partial charge in [-0.25, -0.2) is 0 Å². The Morgan fingerprint density at radius 3 is 2.70 bits per heavy atom. The zero-order valence-electron chi connectivity index (χ0n) is 10.3. The Kier molecular flexibility index (Phi) is 3.02. The van der Waals surface area contributed by atoms with E-state index in [1.165, 1.54) is 4.90 Å². The van der Waals surface area contributed by atoms with E-state index in [0.29, 0.717) is 16.8 Å². The molecule has 3 rings (SSSR count). The van der Waals surface area contributed by atoms with E-state index < -0.39 is 0 Å². The third kappa shape index (κ3) is 1.98. The number of amides is 2. The van der Waals surface area contributed by atoms with Gasteiger partial charge in [0, 0.05) is 22.6 Å². The first kappa shape index (κ1) is 12.8. The van der Waals surface area contributed by atoms with Crippen molar-refractivity contribution in [2.75, 3.05) is 5.73 Å². The van der Waals surface area contributed by atoms with Crippen LogP contribution >= 0.6 is 15.9 Å². The molecule has 1 aliphatic heterocycles. The van der Waals surface area contributed by atoms with Crippen LogP contribution in [0.15, 0.2) is 41.1 Å². The Hall–Kier alpha value is -2.21. The summed E-state index contributed by atoms with van der Waals surface area (Å²) < 4.78 is 0.797. The van der Waals surface area contributed by atoms with Gasteiger partial charge in [0.25, 0.3) is 11.8 Å². The number of imide groups is 1. The highest BCUT2D eigenvalue weighted by atomic mass is 79.9. The molecule has 1 aromatic carbocycles. The zero-order chi connectivity index (χ0) is 14.3. The predicted octanol–water partition coefficient (Wildman–Crippen LogP) is 2.22. The first-order valence-electron chi connectivity index (χ1n) is 5.92. The number of nitrogens with two attached hydrogens (primary N) is 1. The molecule has 2 aromatic rings. The molecule has 1 aliphatic rings. The second-order valence-corrected chi connectivity index (χ2v) is 5.39. The molecule has 2 N–H and O–H groups in total. The number of anilines is 1. The number of nitrogen functional groups attached to an aromatic ring is 1. The van der Waals surface area contributed by atoms with Crippen molar-refractivity contribution >= 4 is 33.4 Å². The Bertz CT molecular complexity index is 730. The molecule has 0 aliphatic carbocycles. The average Bonchev–Trinajstić information content (AvgIpc) is 2.65. The zero-order valence-corrected chi connectivity index (χ0v) is 11.9. The Balaban J connectivity index is 1.96. The lowest BCUT2D eigenvalue weighted by atomic mass is 10.1. The lowest BCUT2D eigenvalue weighted by Crippen LogP contribution is -2.29. The van der Waals surface area contributed by atoms with Gasteiger partial charge in [-0.3, -0.25) is 19.5 Å². The minimum Gasteiger partial charge on any atom is -0.398 e. The summed E-state index contributed by atoms with van der Waals surface area (Å²) in [6.07, 6.45) is 3.27. The van der Waals surface area contributed by atoms with E-state index in [9.17, 15) is 9.59 Å². The molecule has 0 unspecified atom stereocenters. The molecule has 0 fully saturated rings. The summed E-state index contributed by atoms with van der Waals surface area (Å²) in [5.41, 5.74) is 7.54. The van der Waals surface area contributed by atoms with Crippen molar-refractivity contribution in [2.45, 2.75) is 6.54 Å². The molecule has 100 valence electrons. The van der Waals surface area contributed by atoms with Crippen molar-refractivity contribution in [2.24, 2.45) is 0 Å². The summed E-state index contributed by atoms with van der Waals surface area (Å²) in [6.45, 7) is 0.179. The number of nitrogens with zero attached hydrogens (tertiary/aromatic N) is 2. The second-order valence-electron chi connectivity index (χ2n) is 4.48. The van der Waals surface area contributed by atoms with Gasteiger partial charge in [0.2, 0.25) is 0 Å². The van der Waals surface area contributed by atoms with Crippen LogP contribution in [0.25, 0.3) is 0 Å². The van der Waals surface area contributed by atoms with Gasteiger partial charge in [-0.05, 0) is 39.7 Å². The number of benzene rings is 1. The maximum Gasteiger partial charge on any atom is 0.263 e. The molecule has 0 bridgehead atoms. The number of rotatable bonds is 2. The van der Waals surface area contributed by atoms with Crippen molar-refractivity contribution in [3.8, 4) is 0 Å². The lowest BCUT2D eigenvalue weighted by Gasteiger charge is -2.13. The summed E-state index contributed by atoms with van der Waals surface area (Å²) >= 11 is 3.31. The van der Waals surface area contributed by atoms with Gasteiger partial charge in [0.05, 0.1) is 17.7 Å². The summed E-state index contributed by atoms with van der Waals surface area (Å²) in [7, 11) is 0. The van der Waals surface area contributed by atoms with E-state index in [2.05, 4.69) is 20.9 Å². The van der Waals surface area contributed by atoms with E-state index in [0.717, 1.165) is 10.0 Å². The van der Waals surface area contributed by atoms with Crippen LogP contribution in [0.1, 0.15) is 26.3 Å². The molecule has 2 amide bonds. The molecule has 5 nitrogen and oxygen atoms in total. The largest absolute Gasteiger partial charge is 0.398 e. The highest BCUT2D eigenvalue weighted by molar-refractivity contribution is 9.10. The van der Waals surface area contributed by atoms with Gasteiger partial charge in [-0.1, -0.05) is 6.07 Å². The second kappa shape index (κ2) is 4.72. The molecular weight excluding hydrogens is 322 g/mol. The van der Waals surface area contributed by atoms with Gasteiger partial charge >= 0.3 is 0 Å². The van der Waals surface area contributed by atoms with Gasteiger partial charge < -0.3 is 5.73 Å². The van der Waals surface area contributed by atoms with Gasteiger partial charge in [-0.2, -0.15) is 0 Å². The normalized spacial score (nSPS) is 13.8. The number of pyridine rings is 1. The van der Waals surface area contributed by atoms with Crippen LogP contribution in [0, 0.1) is 0 Å². The minimum atomic E-state index is -0.358. The first-order valence-corrected chi connectivity index (χ1v) is 6.71. The molecule has 0 atom stereocenters. The molecule has 0 saturated carbocycles. The average molecular weight is 332 g/mol. The Morgan fingerprint density at radius 2 is 2.00 bits per heavy atom. The van der Waals surface area contributed by atoms with Crippen LogP contribution < -0.4 is 5.73 Å². The van der Waals surface area contributed by atoms with Crippen molar-refractivity contribution in [1.29, 1.82) is 0 Å². The quantitative estimate of drug-likeness (QED) is 0.676. The summed E-state index contributed by atoms with van der Waals surface area (Å²) in [5, 5.41) is 0. The fourth-order valence-electron chi connectivity index (χ4n) is 2.23. The monoisotopic (exact) mass is 331 g/mol. The van der Waals surface area contributed by atoms with Crippen LogP contribution in [0.5, 0.6) is 0 Å². The van der Waals surface area contributed by atoms with Gasteiger partial charge in [0.1, 0.15) is 0 Å². The molecule has 1 aromatic heterocycles. The highest BCUT2D eigenvalue weighted by Gasteiger charge is 2.36. The fraction of sp³-hybridized carbons (Fsp3) is 0.0714. The molecule has 0 spiro atoms. The Morgan fingerprint density at radius 1 is 1.20 bits per heavy atom. The molecule has 2 heterocycles. The standard InChI is InChI=1S/C14H10BrN3O2/c15-9-4-8(5-17-6-9)7-18-13(19)10-2-1-3-11(16)12(10)14(18)20/h1-6H,7,16H2. The molecule has 0 saturated heterocycles. The number of hydrogen-bond acceptors (Lipinski definition) is 4. The molecule has 0 radical (unpaired) electrons. The minimum absolute atomic E-state index is 0.179. The molecule has 20 heavy (non-hydrogen) atoms. The third-order valence-electron chi connectivity index (χ3n) is 3.13. The first-order chi connectivity index (χ1) is 9.58. The molecule has 6 heteroatoms. The number of carbonyl (C=O) groups excluding carboxylic acids is 2. The predicted molar refractivity (Wildman–Crippen MR) is 77.0 cm³/mol. The summed E-state index contributed by atoms with van der Waals surface area (Å²) in [4.78, 5) is 29.8. The SMILES string of the molecule is Nc1cccc2c1C(=O)N(Cc1cncc(Br)c1)C2=O. The van der Waals surface area contributed by atoms with Crippen molar-refractivity contribution in [3.05, 3.63) is 57.8 Å². The third-order valence-corrected chi connectivity index (χ3v) is 3.57. The van der Waals surface area contributed by atoms with Gasteiger partial charge in [0.15, 0.2) is 0 Å². The van der Waals surface area contributed by atoms with Gasteiger partial charge in [-0.15, -0.1) is 0 Å². The number of aromatic nitrogens is 1. The molecular formula is C14H10BrN3O2. The maximum atomic E-state index is 12.3. The summed E-state index contributed by atoms with van der Waals surface area (Å²) in [5.74, 6) is -0.680. The fourth-order valence-corrected chi connectivity index (χ4v) is 2.64. The highest BCUT2D eigenvalue weighted by Crippen LogP contribution is 2.28. The van der Waals surface area contributed by atoms with Crippen molar-refractivity contribution in [1.82, 2.24) is 9.88 Å². The van der Waals surface area contributed by atoms with Crippen molar-refractivity contribution in [3.63, 3.8) is 0 Å². The number of carbonyl (C=O) groups is 2. The van der Waals surface area contributed by atoms with E-state index in [1.807, 2.05) is 6.07 Å². The van der Waals surface area contributed by atoms with Crippen LogP contribution in [0.4, 0.5) is 5.69 Å². The van der Waals surface area contributed by atoms with Crippen LogP contribution in [0.2, 0.25) is 0 Å². The smallest absolute Gasteiger partial charge is 0.263 e.